The van der Waals surface area contributed by atoms with Crippen molar-refractivity contribution in [1.29, 1.82) is 0 Å². The van der Waals surface area contributed by atoms with Gasteiger partial charge in [-0.3, -0.25) is 0 Å². The summed E-state index contributed by atoms with van der Waals surface area (Å²) < 4.78 is 1.63. The summed E-state index contributed by atoms with van der Waals surface area (Å²) in [4.78, 5) is 25.9. The molecule has 2 amide bonds. The van der Waals surface area contributed by atoms with Crippen LogP contribution in [0.1, 0.15) is 17.4 Å². The van der Waals surface area contributed by atoms with Crippen LogP contribution in [-0.4, -0.2) is 51.8 Å². The number of rotatable bonds is 8. The Morgan fingerprint density at radius 3 is 2.85 bits per heavy atom. The van der Waals surface area contributed by atoms with E-state index in [-0.39, 0.29) is 11.7 Å². The van der Waals surface area contributed by atoms with Gasteiger partial charge < -0.3 is 20.3 Å². The molecule has 1 aromatic rings. The molecule has 1 atom stereocenters. The van der Waals surface area contributed by atoms with Gasteiger partial charge in [-0.2, -0.15) is 11.8 Å². The number of nitrogens with zero attached hydrogens (tertiary/aromatic N) is 2. The lowest BCUT2D eigenvalue weighted by Crippen LogP contribution is -2.39. The molecule has 1 rings (SSSR count). The predicted molar refractivity (Wildman–Crippen MR) is 78.1 cm³/mol. The molecule has 1 heterocycles. The lowest BCUT2D eigenvalue weighted by Gasteiger charge is -2.12. The number of carboxylic acids is 1. The summed E-state index contributed by atoms with van der Waals surface area (Å²) in [6.07, 6.45) is 4.90. The molecule has 7 nitrogen and oxygen atoms in total. The fourth-order valence-corrected chi connectivity index (χ4v) is 2.25. The van der Waals surface area contributed by atoms with Gasteiger partial charge in [0.2, 0.25) is 0 Å². The Hall–Kier alpha value is -1.70. The molecule has 0 radical (unpaired) electrons. The van der Waals surface area contributed by atoms with E-state index in [1.165, 1.54) is 12.5 Å². The third-order valence-corrected chi connectivity index (χ3v) is 3.47. The van der Waals surface area contributed by atoms with Crippen molar-refractivity contribution in [3.8, 4) is 0 Å². The number of amides is 2. The predicted octanol–water partition coefficient (Wildman–Crippen LogP) is 0.880. The summed E-state index contributed by atoms with van der Waals surface area (Å²) in [6, 6.07) is -0.212. The smallest absolute Gasteiger partial charge is 0.356 e. The summed E-state index contributed by atoms with van der Waals surface area (Å²) in [6.45, 7) is 3.61. The first-order chi connectivity index (χ1) is 9.52. The van der Waals surface area contributed by atoms with E-state index in [0.717, 1.165) is 5.75 Å². The number of carbonyl (C=O) groups is 2. The van der Waals surface area contributed by atoms with Crippen LogP contribution in [0.2, 0.25) is 0 Å². The zero-order valence-corrected chi connectivity index (χ0v) is 12.4. The average molecular weight is 300 g/mol. The highest BCUT2D eigenvalue weighted by Gasteiger charge is 2.07. The Kier molecular flexibility index (Phi) is 6.92. The van der Waals surface area contributed by atoms with Gasteiger partial charge in [0.15, 0.2) is 5.69 Å². The molecule has 0 fully saturated rings. The van der Waals surface area contributed by atoms with Gasteiger partial charge in [0.05, 0.1) is 6.33 Å². The number of carbonyl (C=O) groups excluding carboxylic acids is 1. The molecular weight excluding hydrogens is 280 g/mol. The number of imidazole rings is 1. The second-order valence-corrected chi connectivity index (χ2v) is 5.41. The third kappa shape index (κ3) is 5.96. The number of hydrogen-bond acceptors (Lipinski definition) is 4. The van der Waals surface area contributed by atoms with Crippen molar-refractivity contribution in [3.63, 3.8) is 0 Å². The van der Waals surface area contributed by atoms with Crippen molar-refractivity contribution >= 4 is 23.8 Å². The van der Waals surface area contributed by atoms with Crippen LogP contribution in [0.3, 0.4) is 0 Å². The second kappa shape index (κ2) is 8.47. The van der Waals surface area contributed by atoms with Gasteiger partial charge in [-0.05, 0) is 17.9 Å². The van der Waals surface area contributed by atoms with Crippen LogP contribution in [0.5, 0.6) is 0 Å². The highest BCUT2D eigenvalue weighted by Crippen LogP contribution is 2.02. The van der Waals surface area contributed by atoms with Crippen molar-refractivity contribution < 1.29 is 14.7 Å². The van der Waals surface area contributed by atoms with E-state index in [4.69, 9.17) is 5.11 Å². The summed E-state index contributed by atoms with van der Waals surface area (Å²) >= 11 is 1.75. The van der Waals surface area contributed by atoms with Crippen molar-refractivity contribution in [2.24, 2.45) is 5.92 Å². The summed E-state index contributed by atoms with van der Waals surface area (Å²) in [5, 5.41) is 14.2. The number of aromatic nitrogens is 2. The molecule has 112 valence electrons. The Labute approximate surface area is 122 Å². The molecule has 8 heteroatoms. The van der Waals surface area contributed by atoms with Gasteiger partial charge >= 0.3 is 12.0 Å². The highest BCUT2D eigenvalue weighted by molar-refractivity contribution is 7.98. The number of carboxylic acid groups (broad SMARTS) is 1. The third-order valence-electron chi connectivity index (χ3n) is 2.57. The van der Waals surface area contributed by atoms with Crippen molar-refractivity contribution in [1.82, 2.24) is 20.2 Å². The first-order valence-corrected chi connectivity index (χ1v) is 7.68. The van der Waals surface area contributed by atoms with Gasteiger partial charge in [0.25, 0.3) is 0 Å². The Morgan fingerprint density at radius 1 is 1.50 bits per heavy atom. The van der Waals surface area contributed by atoms with E-state index in [2.05, 4.69) is 22.5 Å². The molecule has 0 aliphatic rings. The summed E-state index contributed by atoms with van der Waals surface area (Å²) in [5.41, 5.74) is 0.000317. The molecule has 0 aliphatic heterocycles. The molecule has 0 aliphatic carbocycles. The molecule has 0 aromatic carbocycles. The number of nitrogens with one attached hydrogen (secondary N) is 2. The topological polar surface area (TPSA) is 96.3 Å². The quantitative estimate of drug-likeness (QED) is 0.662. The minimum Gasteiger partial charge on any atom is -0.476 e. The maximum Gasteiger partial charge on any atom is 0.356 e. The largest absolute Gasteiger partial charge is 0.476 e. The first-order valence-electron chi connectivity index (χ1n) is 6.28. The number of urea groups is 1. The van der Waals surface area contributed by atoms with E-state index in [0.29, 0.717) is 25.6 Å². The Bertz CT molecular complexity index is 450. The van der Waals surface area contributed by atoms with Crippen LogP contribution in [-0.2, 0) is 6.54 Å². The molecular formula is C12H20N4O3S. The summed E-state index contributed by atoms with van der Waals surface area (Å²) in [5.74, 6) is 0.382. The molecule has 3 N–H and O–H groups in total. The molecule has 1 unspecified atom stereocenters. The Balaban J connectivity index is 2.19. The average Bonchev–Trinajstić information content (AvgIpc) is 2.86. The van der Waals surface area contributed by atoms with Crippen LogP contribution in [0.4, 0.5) is 4.79 Å². The zero-order chi connectivity index (χ0) is 15.0. The highest BCUT2D eigenvalue weighted by atomic mass is 32.2. The molecule has 0 saturated carbocycles. The van der Waals surface area contributed by atoms with Crippen LogP contribution >= 0.6 is 11.8 Å². The standard InChI is InChI=1S/C12H20N4O3S/c1-9(7-20-2)5-14-12(19)13-3-4-16-6-10(11(17)18)15-8-16/h6,8-9H,3-5,7H2,1-2H3,(H,17,18)(H2,13,14,19). The fraction of sp³-hybridized carbons (Fsp3) is 0.583. The second-order valence-electron chi connectivity index (χ2n) is 4.50. The van der Waals surface area contributed by atoms with E-state index in [9.17, 15) is 9.59 Å². The Morgan fingerprint density at radius 2 is 2.25 bits per heavy atom. The molecule has 1 aromatic heterocycles. The maximum absolute atomic E-state index is 11.5. The number of aromatic carboxylic acids is 1. The normalized spacial score (nSPS) is 11.9. The van der Waals surface area contributed by atoms with Gasteiger partial charge in [0, 0.05) is 25.8 Å². The van der Waals surface area contributed by atoms with Gasteiger partial charge in [-0.1, -0.05) is 6.92 Å². The van der Waals surface area contributed by atoms with E-state index in [1.54, 1.807) is 16.3 Å². The minimum atomic E-state index is -1.06. The lowest BCUT2D eigenvalue weighted by molar-refractivity contribution is 0.0691. The summed E-state index contributed by atoms with van der Waals surface area (Å²) in [7, 11) is 0. The van der Waals surface area contributed by atoms with Crippen LogP contribution in [0.25, 0.3) is 0 Å². The first kappa shape index (κ1) is 16.4. The van der Waals surface area contributed by atoms with Crippen molar-refractivity contribution in [2.45, 2.75) is 13.5 Å². The van der Waals surface area contributed by atoms with Crippen LogP contribution in [0, 0.1) is 5.92 Å². The number of thioether (sulfide) groups is 1. The monoisotopic (exact) mass is 300 g/mol. The minimum absolute atomic E-state index is 0.000317. The molecule has 0 spiro atoms. The molecule has 0 bridgehead atoms. The van der Waals surface area contributed by atoms with Crippen LogP contribution in [0.15, 0.2) is 12.5 Å². The fourth-order valence-electron chi connectivity index (χ4n) is 1.56. The van der Waals surface area contributed by atoms with E-state index >= 15 is 0 Å². The van der Waals surface area contributed by atoms with Gasteiger partial charge in [-0.25, -0.2) is 14.6 Å². The van der Waals surface area contributed by atoms with E-state index < -0.39 is 5.97 Å². The van der Waals surface area contributed by atoms with Crippen LogP contribution < -0.4 is 10.6 Å². The molecule has 0 saturated heterocycles. The molecule has 20 heavy (non-hydrogen) atoms. The van der Waals surface area contributed by atoms with Crippen molar-refractivity contribution in [3.05, 3.63) is 18.2 Å². The SMILES string of the molecule is CSCC(C)CNC(=O)NCCn1cnc(C(=O)O)c1. The van der Waals surface area contributed by atoms with Gasteiger partial charge in [-0.15, -0.1) is 0 Å². The van der Waals surface area contributed by atoms with Gasteiger partial charge in [0.1, 0.15) is 0 Å². The number of hydrogen-bond donors (Lipinski definition) is 3. The van der Waals surface area contributed by atoms with Crippen molar-refractivity contribution in [2.75, 3.05) is 25.1 Å². The lowest BCUT2D eigenvalue weighted by atomic mass is 10.2. The van der Waals surface area contributed by atoms with E-state index in [1.807, 2.05) is 6.26 Å². The zero-order valence-electron chi connectivity index (χ0n) is 11.6. The maximum atomic E-state index is 11.5.